The number of halogens is 1. The zero-order valence-corrected chi connectivity index (χ0v) is 10.8. The molecule has 0 aromatic heterocycles. The van der Waals surface area contributed by atoms with Crippen LogP contribution in [0.1, 0.15) is 37.7 Å². The molecular weight excluding hydrogens is 232 g/mol. The molecule has 3 rings (SSSR count). The Morgan fingerprint density at radius 1 is 1.29 bits per heavy atom. The average molecular weight is 251 g/mol. The van der Waals surface area contributed by atoms with Gasteiger partial charge >= 0.3 is 0 Å². The molecule has 1 aromatic carbocycles. The van der Waals surface area contributed by atoms with E-state index in [1.807, 2.05) is 6.07 Å². The van der Waals surface area contributed by atoms with Crippen molar-refractivity contribution in [3.63, 3.8) is 0 Å². The van der Waals surface area contributed by atoms with Crippen LogP contribution >= 0.6 is 11.6 Å². The largest absolute Gasteiger partial charge is 0.490 e. The van der Waals surface area contributed by atoms with Crippen molar-refractivity contribution >= 4 is 11.6 Å². The van der Waals surface area contributed by atoms with Gasteiger partial charge in [-0.1, -0.05) is 18.2 Å². The smallest absolute Gasteiger partial charge is 0.123 e. The van der Waals surface area contributed by atoms with Gasteiger partial charge in [-0.2, -0.15) is 0 Å². The van der Waals surface area contributed by atoms with E-state index in [1.165, 1.54) is 24.8 Å². The fraction of sp³-hybridized carbons (Fsp3) is 0.600. The lowest BCUT2D eigenvalue weighted by Gasteiger charge is -2.12. The van der Waals surface area contributed by atoms with E-state index in [1.54, 1.807) is 0 Å². The fourth-order valence-corrected chi connectivity index (χ4v) is 3.06. The molecule has 0 N–H and O–H groups in total. The van der Waals surface area contributed by atoms with Gasteiger partial charge in [-0.25, -0.2) is 0 Å². The van der Waals surface area contributed by atoms with Crippen LogP contribution in [0.5, 0.6) is 5.75 Å². The van der Waals surface area contributed by atoms with Crippen molar-refractivity contribution in [3.8, 4) is 5.75 Å². The highest BCUT2D eigenvalue weighted by atomic mass is 35.5. The average Bonchev–Trinajstić information content (AvgIpc) is 3.09. The number of hydrogen-bond donors (Lipinski definition) is 0. The summed E-state index contributed by atoms with van der Waals surface area (Å²) >= 11 is 6.31. The highest BCUT2D eigenvalue weighted by Gasteiger charge is 2.29. The van der Waals surface area contributed by atoms with Crippen LogP contribution < -0.4 is 4.74 Å². The van der Waals surface area contributed by atoms with Gasteiger partial charge in [-0.3, -0.25) is 0 Å². The topological polar surface area (TPSA) is 9.23 Å². The van der Waals surface area contributed by atoms with Crippen LogP contribution in [0.2, 0.25) is 0 Å². The molecule has 2 atom stereocenters. The van der Waals surface area contributed by atoms with Gasteiger partial charge in [0, 0.05) is 11.8 Å². The maximum absolute atomic E-state index is 6.31. The van der Waals surface area contributed by atoms with E-state index in [-0.39, 0.29) is 0 Å². The lowest BCUT2D eigenvalue weighted by Crippen LogP contribution is -2.13. The molecule has 2 heteroatoms. The van der Waals surface area contributed by atoms with Crippen LogP contribution in [-0.4, -0.2) is 11.5 Å². The normalized spacial score (nSPS) is 24.2. The molecule has 1 aliphatic carbocycles. The van der Waals surface area contributed by atoms with Crippen LogP contribution in [0.15, 0.2) is 24.3 Å². The Balaban J connectivity index is 1.43. The third kappa shape index (κ3) is 2.77. The summed E-state index contributed by atoms with van der Waals surface area (Å²) in [6, 6.07) is 8.38. The van der Waals surface area contributed by atoms with Crippen molar-refractivity contribution in [1.82, 2.24) is 0 Å². The van der Waals surface area contributed by atoms with E-state index in [0.717, 1.165) is 30.9 Å². The van der Waals surface area contributed by atoms with E-state index < -0.39 is 0 Å². The number of fused-ring (bicyclic) bond motifs is 1. The summed E-state index contributed by atoms with van der Waals surface area (Å²) in [5.41, 5.74) is 1.36. The van der Waals surface area contributed by atoms with Crippen molar-refractivity contribution < 1.29 is 4.74 Å². The number of benzene rings is 1. The Morgan fingerprint density at radius 2 is 2.12 bits per heavy atom. The Kier molecular flexibility index (Phi) is 3.28. The SMILES string of the molecule is ClC(CCCC1Cc2ccccc2O1)C1CC1. The quantitative estimate of drug-likeness (QED) is 0.713. The zero-order chi connectivity index (χ0) is 11.7. The highest BCUT2D eigenvalue weighted by molar-refractivity contribution is 6.20. The van der Waals surface area contributed by atoms with Crippen LogP contribution in [0.3, 0.4) is 0 Å². The third-order valence-electron chi connectivity index (χ3n) is 3.85. The molecule has 0 amide bonds. The van der Waals surface area contributed by atoms with Crippen molar-refractivity contribution in [3.05, 3.63) is 29.8 Å². The van der Waals surface area contributed by atoms with E-state index >= 15 is 0 Å². The predicted octanol–water partition coefficient (Wildman–Crippen LogP) is 4.18. The molecule has 2 unspecified atom stereocenters. The maximum atomic E-state index is 6.31. The minimum atomic E-state index is 0.385. The Hall–Kier alpha value is -0.690. The van der Waals surface area contributed by atoms with Crippen LogP contribution in [-0.2, 0) is 6.42 Å². The van der Waals surface area contributed by atoms with Gasteiger partial charge < -0.3 is 4.74 Å². The standard InChI is InChI=1S/C15H19ClO/c16-14(11-8-9-11)6-3-5-13-10-12-4-1-2-7-15(12)17-13/h1-2,4,7,11,13-14H,3,5-6,8-10H2. The van der Waals surface area contributed by atoms with Crippen molar-refractivity contribution in [1.29, 1.82) is 0 Å². The first kappa shape index (κ1) is 11.4. The molecule has 0 saturated heterocycles. The molecule has 1 nitrogen and oxygen atoms in total. The lowest BCUT2D eigenvalue weighted by atomic mass is 10.0. The van der Waals surface area contributed by atoms with Crippen molar-refractivity contribution in [2.75, 3.05) is 0 Å². The summed E-state index contributed by atoms with van der Waals surface area (Å²) in [6.07, 6.45) is 7.65. The first-order valence-corrected chi connectivity index (χ1v) is 7.15. The first-order chi connectivity index (χ1) is 8.33. The number of rotatable bonds is 5. The summed E-state index contributed by atoms with van der Waals surface area (Å²) < 4.78 is 5.92. The highest BCUT2D eigenvalue weighted by Crippen LogP contribution is 2.38. The van der Waals surface area contributed by atoms with Crippen molar-refractivity contribution in [2.24, 2.45) is 5.92 Å². The molecule has 1 aliphatic heterocycles. The van der Waals surface area contributed by atoms with E-state index in [4.69, 9.17) is 16.3 Å². The lowest BCUT2D eigenvalue weighted by molar-refractivity contribution is 0.216. The van der Waals surface area contributed by atoms with Crippen molar-refractivity contribution in [2.45, 2.75) is 50.0 Å². The van der Waals surface area contributed by atoms with Gasteiger partial charge in [0.05, 0.1) is 0 Å². The minimum absolute atomic E-state index is 0.385. The van der Waals surface area contributed by atoms with Gasteiger partial charge in [-0.05, 0) is 49.7 Å². The van der Waals surface area contributed by atoms with Crippen LogP contribution in [0.4, 0.5) is 0 Å². The number of alkyl halides is 1. The van der Waals surface area contributed by atoms with E-state index in [9.17, 15) is 0 Å². The number of para-hydroxylation sites is 1. The molecule has 17 heavy (non-hydrogen) atoms. The van der Waals surface area contributed by atoms with Crippen LogP contribution in [0.25, 0.3) is 0 Å². The Morgan fingerprint density at radius 3 is 2.88 bits per heavy atom. The summed E-state index contributed by atoms with van der Waals surface area (Å²) in [4.78, 5) is 0. The molecule has 1 heterocycles. The summed E-state index contributed by atoms with van der Waals surface area (Å²) in [5, 5.41) is 0.416. The minimum Gasteiger partial charge on any atom is -0.490 e. The molecule has 1 aromatic rings. The molecule has 92 valence electrons. The molecule has 1 fully saturated rings. The van der Waals surface area contributed by atoms with Gasteiger partial charge in [0.25, 0.3) is 0 Å². The third-order valence-corrected chi connectivity index (χ3v) is 4.43. The zero-order valence-electron chi connectivity index (χ0n) is 10.1. The summed E-state index contributed by atoms with van der Waals surface area (Å²) in [7, 11) is 0. The fourth-order valence-electron chi connectivity index (χ4n) is 2.65. The van der Waals surface area contributed by atoms with Gasteiger partial charge in [-0.15, -0.1) is 11.6 Å². The first-order valence-electron chi connectivity index (χ1n) is 6.71. The molecule has 0 spiro atoms. The Labute approximate surface area is 108 Å². The van der Waals surface area contributed by atoms with Gasteiger partial charge in [0.2, 0.25) is 0 Å². The van der Waals surface area contributed by atoms with Gasteiger partial charge in [0.15, 0.2) is 0 Å². The summed E-state index contributed by atoms with van der Waals surface area (Å²) in [6.45, 7) is 0. The molecule has 2 aliphatic rings. The second-order valence-corrected chi connectivity index (χ2v) is 5.90. The maximum Gasteiger partial charge on any atom is 0.123 e. The summed E-state index contributed by atoms with van der Waals surface area (Å²) in [5.74, 6) is 1.90. The van der Waals surface area contributed by atoms with Gasteiger partial charge in [0.1, 0.15) is 11.9 Å². The molecule has 0 bridgehead atoms. The predicted molar refractivity (Wildman–Crippen MR) is 70.8 cm³/mol. The van der Waals surface area contributed by atoms with Crippen LogP contribution in [0, 0.1) is 5.92 Å². The number of ether oxygens (including phenoxy) is 1. The molecule has 0 radical (unpaired) electrons. The molecular formula is C15H19ClO. The second-order valence-electron chi connectivity index (χ2n) is 5.34. The van der Waals surface area contributed by atoms with E-state index in [2.05, 4.69) is 18.2 Å². The monoisotopic (exact) mass is 250 g/mol. The molecule has 1 saturated carbocycles. The Bertz CT molecular complexity index is 361. The second kappa shape index (κ2) is 4.89. The van der Waals surface area contributed by atoms with E-state index in [0.29, 0.717) is 11.5 Å². The number of hydrogen-bond acceptors (Lipinski definition) is 1.